The molecule has 1 N–H and O–H groups in total. The van der Waals surface area contributed by atoms with Crippen LogP contribution in [0.3, 0.4) is 0 Å². The highest BCUT2D eigenvalue weighted by Gasteiger charge is 2.17. The fourth-order valence-corrected chi connectivity index (χ4v) is 3.78. The van der Waals surface area contributed by atoms with Crippen LogP contribution in [0.1, 0.15) is 35.5 Å². The van der Waals surface area contributed by atoms with Gasteiger partial charge in [-0.3, -0.25) is 4.72 Å². The van der Waals surface area contributed by atoms with Gasteiger partial charge in [-0.05, 0) is 31.9 Å². The van der Waals surface area contributed by atoms with Gasteiger partial charge in [0.25, 0.3) is 0 Å². The molecule has 0 radical (unpaired) electrons. The molecule has 102 valence electrons. The number of esters is 1. The van der Waals surface area contributed by atoms with Crippen molar-refractivity contribution in [2.24, 2.45) is 0 Å². The summed E-state index contributed by atoms with van der Waals surface area (Å²) in [5, 5.41) is 0.448. The lowest BCUT2D eigenvalue weighted by Crippen LogP contribution is -2.15. The summed E-state index contributed by atoms with van der Waals surface area (Å²) in [6.45, 7) is 5.57. The minimum atomic E-state index is -3.32. The third-order valence-electron chi connectivity index (χ3n) is 2.11. The van der Waals surface area contributed by atoms with Crippen LogP contribution in [-0.2, 0) is 14.8 Å². The number of rotatable bonds is 6. The molecule has 0 aliphatic heterocycles. The van der Waals surface area contributed by atoms with Crippen LogP contribution in [0.15, 0.2) is 6.07 Å². The van der Waals surface area contributed by atoms with Gasteiger partial charge in [-0.1, -0.05) is 6.92 Å². The van der Waals surface area contributed by atoms with Crippen LogP contribution in [0.2, 0.25) is 0 Å². The average molecular weight is 291 g/mol. The molecular weight excluding hydrogens is 274 g/mol. The quantitative estimate of drug-likeness (QED) is 0.817. The Morgan fingerprint density at radius 1 is 1.44 bits per heavy atom. The topological polar surface area (TPSA) is 72.5 Å². The van der Waals surface area contributed by atoms with Crippen molar-refractivity contribution in [2.45, 2.75) is 27.2 Å². The molecule has 0 atom stereocenters. The van der Waals surface area contributed by atoms with E-state index in [9.17, 15) is 13.2 Å². The molecule has 0 aliphatic carbocycles. The molecule has 1 rings (SSSR count). The monoisotopic (exact) mass is 291 g/mol. The Balaban J connectivity index is 2.88. The smallest absolute Gasteiger partial charge is 0.348 e. The summed E-state index contributed by atoms with van der Waals surface area (Å²) in [5.41, 5.74) is 0.715. The Hall–Kier alpha value is -1.08. The van der Waals surface area contributed by atoms with Crippen LogP contribution in [0.5, 0.6) is 0 Å². The number of hydrogen-bond acceptors (Lipinski definition) is 5. The van der Waals surface area contributed by atoms with Gasteiger partial charge in [0.05, 0.1) is 12.4 Å². The van der Waals surface area contributed by atoms with Gasteiger partial charge >= 0.3 is 5.97 Å². The van der Waals surface area contributed by atoms with Crippen molar-refractivity contribution in [3.05, 3.63) is 16.5 Å². The van der Waals surface area contributed by atoms with Gasteiger partial charge in [0.1, 0.15) is 9.88 Å². The summed E-state index contributed by atoms with van der Waals surface area (Å²) in [6, 6.07) is 1.64. The molecule has 0 aromatic carbocycles. The Morgan fingerprint density at radius 3 is 2.67 bits per heavy atom. The van der Waals surface area contributed by atoms with E-state index in [0.717, 1.165) is 11.3 Å². The summed E-state index contributed by atoms with van der Waals surface area (Å²) >= 11 is 1.10. The predicted octanol–water partition coefficient (Wildman–Crippen LogP) is 2.38. The summed E-state index contributed by atoms with van der Waals surface area (Å²) in [5.74, 6) is -0.348. The zero-order chi connectivity index (χ0) is 13.8. The molecule has 1 aromatic rings. The van der Waals surface area contributed by atoms with E-state index in [-0.39, 0.29) is 5.75 Å². The van der Waals surface area contributed by atoms with Gasteiger partial charge in [-0.15, -0.1) is 11.3 Å². The molecule has 1 aromatic heterocycles. The van der Waals surface area contributed by atoms with Gasteiger partial charge < -0.3 is 4.74 Å². The average Bonchev–Trinajstić information content (AvgIpc) is 2.58. The van der Waals surface area contributed by atoms with E-state index in [0.29, 0.717) is 28.5 Å². The van der Waals surface area contributed by atoms with Crippen molar-refractivity contribution in [3.8, 4) is 0 Å². The van der Waals surface area contributed by atoms with Gasteiger partial charge in [0.15, 0.2) is 0 Å². The minimum absolute atomic E-state index is 0.0681. The van der Waals surface area contributed by atoms with E-state index < -0.39 is 16.0 Å². The SMILES string of the molecule is CCCS(=O)(=O)Nc1cc(C)c(C(=O)OCC)s1. The first-order chi connectivity index (χ1) is 8.39. The second-order valence-electron chi connectivity index (χ2n) is 3.76. The number of aryl methyl sites for hydroxylation is 1. The Kier molecular flexibility index (Phi) is 5.15. The fraction of sp³-hybridized carbons (Fsp3) is 0.545. The van der Waals surface area contributed by atoms with Crippen LogP contribution in [-0.4, -0.2) is 26.7 Å². The highest BCUT2D eigenvalue weighted by molar-refractivity contribution is 7.92. The van der Waals surface area contributed by atoms with Crippen LogP contribution in [0.4, 0.5) is 5.00 Å². The van der Waals surface area contributed by atoms with Gasteiger partial charge in [0.2, 0.25) is 10.0 Å². The van der Waals surface area contributed by atoms with Crippen molar-refractivity contribution in [3.63, 3.8) is 0 Å². The number of carbonyl (C=O) groups is 1. The molecule has 0 saturated heterocycles. The standard InChI is InChI=1S/C11H17NO4S2/c1-4-6-18(14,15)12-9-7-8(3)10(17-9)11(13)16-5-2/h7,12H,4-6H2,1-3H3. The van der Waals surface area contributed by atoms with E-state index in [1.807, 2.05) is 0 Å². The van der Waals surface area contributed by atoms with E-state index in [4.69, 9.17) is 4.74 Å². The second-order valence-corrected chi connectivity index (χ2v) is 6.66. The third-order valence-corrected chi connectivity index (χ3v) is 4.85. The largest absolute Gasteiger partial charge is 0.462 e. The highest BCUT2D eigenvalue weighted by Crippen LogP contribution is 2.28. The number of sulfonamides is 1. The lowest BCUT2D eigenvalue weighted by molar-refractivity contribution is 0.0531. The van der Waals surface area contributed by atoms with Crippen molar-refractivity contribution < 1.29 is 17.9 Å². The Labute approximate surface area is 111 Å². The van der Waals surface area contributed by atoms with Crippen LogP contribution in [0, 0.1) is 6.92 Å². The minimum Gasteiger partial charge on any atom is -0.462 e. The lowest BCUT2D eigenvalue weighted by atomic mass is 10.3. The number of ether oxygens (including phenoxy) is 1. The van der Waals surface area contributed by atoms with Crippen LogP contribution in [0.25, 0.3) is 0 Å². The molecule has 0 bridgehead atoms. The molecule has 18 heavy (non-hydrogen) atoms. The maximum atomic E-state index is 11.6. The van der Waals surface area contributed by atoms with Crippen LogP contribution >= 0.6 is 11.3 Å². The first-order valence-electron chi connectivity index (χ1n) is 5.67. The number of carbonyl (C=O) groups excluding carboxylic acids is 1. The molecule has 0 amide bonds. The lowest BCUT2D eigenvalue weighted by Gasteiger charge is -2.03. The van der Waals surface area contributed by atoms with Crippen molar-refractivity contribution in [2.75, 3.05) is 17.1 Å². The van der Waals surface area contributed by atoms with Gasteiger partial charge in [-0.25, -0.2) is 13.2 Å². The summed E-state index contributed by atoms with van der Waals surface area (Å²) in [4.78, 5) is 12.0. The Morgan fingerprint density at radius 2 is 2.11 bits per heavy atom. The first-order valence-corrected chi connectivity index (χ1v) is 8.14. The van der Waals surface area contributed by atoms with Gasteiger partial charge in [-0.2, -0.15) is 0 Å². The van der Waals surface area contributed by atoms with E-state index in [2.05, 4.69) is 4.72 Å². The van der Waals surface area contributed by atoms with Crippen molar-refractivity contribution in [1.29, 1.82) is 0 Å². The molecule has 5 nitrogen and oxygen atoms in total. The zero-order valence-electron chi connectivity index (χ0n) is 10.6. The summed E-state index contributed by atoms with van der Waals surface area (Å²) in [7, 11) is -3.32. The maximum absolute atomic E-state index is 11.6. The number of nitrogens with one attached hydrogen (secondary N) is 1. The van der Waals surface area contributed by atoms with E-state index in [1.54, 1.807) is 26.8 Å². The molecule has 7 heteroatoms. The molecule has 1 heterocycles. The third kappa shape index (κ3) is 3.99. The van der Waals surface area contributed by atoms with E-state index >= 15 is 0 Å². The molecule has 0 spiro atoms. The number of anilines is 1. The molecular formula is C11H17NO4S2. The van der Waals surface area contributed by atoms with Crippen molar-refractivity contribution in [1.82, 2.24) is 0 Å². The van der Waals surface area contributed by atoms with Gasteiger partial charge in [0, 0.05) is 0 Å². The summed E-state index contributed by atoms with van der Waals surface area (Å²) < 4.78 is 30.5. The normalized spacial score (nSPS) is 11.3. The molecule has 0 aliphatic rings. The highest BCUT2D eigenvalue weighted by atomic mass is 32.2. The second kappa shape index (κ2) is 6.19. The molecule has 0 fully saturated rings. The molecule has 0 saturated carbocycles. The van der Waals surface area contributed by atoms with E-state index in [1.165, 1.54) is 0 Å². The fourth-order valence-electron chi connectivity index (χ4n) is 1.40. The number of thiophene rings is 1. The summed E-state index contributed by atoms with van der Waals surface area (Å²) in [6.07, 6.45) is 0.546. The molecule has 0 unspecified atom stereocenters. The maximum Gasteiger partial charge on any atom is 0.348 e. The predicted molar refractivity (Wildman–Crippen MR) is 72.7 cm³/mol. The number of hydrogen-bond donors (Lipinski definition) is 1. The Bertz CT molecular complexity index is 519. The van der Waals surface area contributed by atoms with Crippen molar-refractivity contribution >= 4 is 32.3 Å². The zero-order valence-corrected chi connectivity index (χ0v) is 12.3. The van der Waals surface area contributed by atoms with Crippen LogP contribution < -0.4 is 4.72 Å². The first kappa shape index (κ1) is 15.0.